The Balaban J connectivity index is 1.48. The van der Waals surface area contributed by atoms with Gasteiger partial charge in [0, 0.05) is 12.4 Å². The first-order chi connectivity index (χ1) is 12.8. The van der Waals surface area contributed by atoms with E-state index in [-0.39, 0.29) is 17.9 Å². The van der Waals surface area contributed by atoms with E-state index < -0.39 is 5.82 Å². The van der Waals surface area contributed by atoms with E-state index in [4.69, 9.17) is 4.52 Å². The van der Waals surface area contributed by atoms with Gasteiger partial charge in [-0.15, -0.1) is 0 Å². The number of nitrogens with zero attached hydrogens (tertiary/aromatic N) is 5. The summed E-state index contributed by atoms with van der Waals surface area (Å²) in [6, 6.07) is 13.6. The third-order valence-electron chi connectivity index (χ3n) is 3.56. The molecule has 0 radical (unpaired) electrons. The topological polar surface area (TPSA) is 89.6 Å². The summed E-state index contributed by atoms with van der Waals surface area (Å²) in [5.41, 5.74) is 1.73. The highest BCUT2D eigenvalue weighted by Crippen LogP contribution is 2.19. The van der Waals surface area contributed by atoms with Gasteiger partial charge in [-0.05, 0) is 30.3 Å². The van der Waals surface area contributed by atoms with Crippen molar-refractivity contribution in [3.8, 4) is 22.8 Å². The van der Waals surface area contributed by atoms with E-state index in [1.165, 1.54) is 6.07 Å². The molecule has 8 heteroatoms. The molecule has 7 nitrogen and oxygen atoms in total. The van der Waals surface area contributed by atoms with Gasteiger partial charge in [0.05, 0.1) is 23.5 Å². The van der Waals surface area contributed by atoms with E-state index in [1.807, 2.05) is 18.2 Å². The Labute approximate surface area is 148 Å². The summed E-state index contributed by atoms with van der Waals surface area (Å²) >= 11 is 0. The first-order valence-electron chi connectivity index (χ1n) is 7.85. The smallest absolute Gasteiger partial charge is 0.246 e. The number of anilines is 1. The standard InChI is InChI=1S/C18H13FN6O/c19-13-6-2-1-5-12(13)17-24-16(26-25-17)11-22-18-21-10-8-15(23-18)14-7-3-4-9-20-14/h1-10H,11H2,(H,21,22,23). The van der Waals surface area contributed by atoms with Crippen molar-refractivity contribution in [2.24, 2.45) is 0 Å². The first kappa shape index (κ1) is 15.8. The van der Waals surface area contributed by atoms with Crippen molar-refractivity contribution in [2.45, 2.75) is 6.54 Å². The molecular formula is C18H13FN6O. The number of hydrogen-bond acceptors (Lipinski definition) is 7. The molecule has 0 amide bonds. The Kier molecular flexibility index (Phi) is 4.29. The first-order valence-corrected chi connectivity index (χ1v) is 7.85. The van der Waals surface area contributed by atoms with Gasteiger partial charge in [-0.3, -0.25) is 4.98 Å². The van der Waals surface area contributed by atoms with E-state index in [9.17, 15) is 4.39 Å². The summed E-state index contributed by atoms with van der Waals surface area (Å²) < 4.78 is 18.9. The van der Waals surface area contributed by atoms with Gasteiger partial charge in [0.15, 0.2) is 0 Å². The quantitative estimate of drug-likeness (QED) is 0.591. The molecule has 1 aromatic carbocycles. The van der Waals surface area contributed by atoms with E-state index in [2.05, 4.69) is 30.4 Å². The molecule has 3 aromatic heterocycles. The molecule has 26 heavy (non-hydrogen) atoms. The molecule has 0 unspecified atom stereocenters. The maximum absolute atomic E-state index is 13.8. The SMILES string of the molecule is Fc1ccccc1-c1noc(CNc2nccc(-c3ccccn3)n2)n1. The number of halogens is 1. The van der Waals surface area contributed by atoms with E-state index in [0.717, 1.165) is 5.69 Å². The molecule has 128 valence electrons. The lowest BCUT2D eigenvalue weighted by atomic mass is 10.2. The minimum Gasteiger partial charge on any atom is -0.345 e. The second-order valence-corrected chi connectivity index (χ2v) is 5.33. The van der Waals surface area contributed by atoms with Gasteiger partial charge in [-0.25, -0.2) is 14.4 Å². The summed E-state index contributed by atoms with van der Waals surface area (Å²) in [4.78, 5) is 17.0. The summed E-state index contributed by atoms with van der Waals surface area (Å²) in [6.07, 6.45) is 3.34. The molecule has 1 N–H and O–H groups in total. The van der Waals surface area contributed by atoms with Crippen molar-refractivity contribution in [2.75, 3.05) is 5.32 Å². The van der Waals surface area contributed by atoms with Crippen molar-refractivity contribution < 1.29 is 8.91 Å². The van der Waals surface area contributed by atoms with Crippen LogP contribution in [0.2, 0.25) is 0 Å². The summed E-state index contributed by atoms with van der Waals surface area (Å²) in [6.45, 7) is 0.215. The lowest BCUT2D eigenvalue weighted by Gasteiger charge is -2.04. The lowest BCUT2D eigenvalue weighted by Crippen LogP contribution is -2.04. The normalized spacial score (nSPS) is 10.7. The molecule has 0 aliphatic carbocycles. The van der Waals surface area contributed by atoms with Crippen molar-refractivity contribution >= 4 is 5.95 Å². The van der Waals surface area contributed by atoms with E-state index in [0.29, 0.717) is 17.5 Å². The van der Waals surface area contributed by atoms with E-state index >= 15 is 0 Å². The van der Waals surface area contributed by atoms with Gasteiger partial charge < -0.3 is 9.84 Å². The summed E-state index contributed by atoms with van der Waals surface area (Å²) in [5.74, 6) is 0.496. The minimum atomic E-state index is -0.404. The zero-order valence-corrected chi connectivity index (χ0v) is 13.5. The largest absolute Gasteiger partial charge is 0.345 e. The average molecular weight is 348 g/mol. The second kappa shape index (κ2) is 7.06. The number of hydrogen-bond donors (Lipinski definition) is 1. The number of benzene rings is 1. The van der Waals surface area contributed by atoms with Gasteiger partial charge in [0.25, 0.3) is 0 Å². The highest BCUT2D eigenvalue weighted by Gasteiger charge is 2.12. The van der Waals surface area contributed by atoms with Crippen LogP contribution >= 0.6 is 0 Å². The van der Waals surface area contributed by atoms with Crippen LogP contribution in [0, 0.1) is 5.82 Å². The Morgan fingerprint density at radius 2 is 1.77 bits per heavy atom. The third kappa shape index (κ3) is 3.39. The van der Waals surface area contributed by atoms with Crippen LogP contribution in [0.1, 0.15) is 5.89 Å². The van der Waals surface area contributed by atoms with Crippen LogP contribution < -0.4 is 5.32 Å². The Bertz CT molecular complexity index is 1020. The van der Waals surface area contributed by atoms with Crippen LogP contribution in [-0.4, -0.2) is 25.1 Å². The van der Waals surface area contributed by atoms with Crippen molar-refractivity contribution in [1.29, 1.82) is 0 Å². The van der Waals surface area contributed by atoms with Gasteiger partial charge in [-0.1, -0.05) is 23.4 Å². The summed E-state index contributed by atoms with van der Waals surface area (Å²) in [5, 5.41) is 6.82. The van der Waals surface area contributed by atoms with Gasteiger partial charge >= 0.3 is 0 Å². The predicted octanol–water partition coefficient (Wildman–Crippen LogP) is 3.34. The zero-order chi connectivity index (χ0) is 17.8. The van der Waals surface area contributed by atoms with Crippen LogP contribution in [0.4, 0.5) is 10.3 Å². The maximum Gasteiger partial charge on any atom is 0.246 e. The number of nitrogens with one attached hydrogen (secondary N) is 1. The number of rotatable bonds is 5. The van der Waals surface area contributed by atoms with Crippen LogP contribution in [0.3, 0.4) is 0 Å². The van der Waals surface area contributed by atoms with Crippen molar-refractivity contribution in [3.05, 3.63) is 72.6 Å². The van der Waals surface area contributed by atoms with E-state index in [1.54, 1.807) is 36.7 Å². The van der Waals surface area contributed by atoms with Gasteiger partial charge in [0.1, 0.15) is 5.82 Å². The maximum atomic E-state index is 13.8. The van der Waals surface area contributed by atoms with Crippen molar-refractivity contribution in [3.63, 3.8) is 0 Å². The molecule has 4 rings (SSSR count). The average Bonchev–Trinajstić information content (AvgIpc) is 3.16. The molecule has 0 aliphatic heterocycles. The van der Waals surface area contributed by atoms with Gasteiger partial charge in [0.2, 0.25) is 17.7 Å². The third-order valence-corrected chi connectivity index (χ3v) is 3.56. The van der Waals surface area contributed by atoms with Crippen LogP contribution in [0.15, 0.2) is 65.4 Å². The predicted molar refractivity (Wildman–Crippen MR) is 92.3 cm³/mol. The Morgan fingerprint density at radius 1 is 0.885 bits per heavy atom. The van der Waals surface area contributed by atoms with Crippen molar-refractivity contribution in [1.82, 2.24) is 25.1 Å². The summed E-state index contributed by atoms with van der Waals surface area (Å²) in [7, 11) is 0. The Morgan fingerprint density at radius 3 is 2.62 bits per heavy atom. The van der Waals surface area contributed by atoms with Crippen LogP contribution in [-0.2, 0) is 6.54 Å². The molecule has 0 bridgehead atoms. The highest BCUT2D eigenvalue weighted by molar-refractivity contribution is 5.55. The molecule has 4 aromatic rings. The number of aromatic nitrogens is 5. The zero-order valence-electron chi connectivity index (χ0n) is 13.5. The molecule has 0 aliphatic rings. The molecular weight excluding hydrogens is 335 g/mol. The molecule has 0 saturated carbocycles. The fourth-order valence-corrected chi connectivity index (χ4v) is 2.33. The highest BCUT2D eigenvalue weighted by atomic mass is 19.1. The second-order valence-electron chi connectivity index (χ2n) is 5.33. The molecule has 0 spiro atoms. The molecule has 0 atom stereocenters. The fourth-order valence-electron chi connectivity index (χ4n) is 2.33. The van der Waals surface area contributed by atoms with Crippen LogP contribution in [0.25, 0.3) is 22.8 Å². The van der Waals surface area contributed by atoms with Gasteiger partial charge in [-0.2, -0.15) is 4.98 Å². The monoisotopic (exact) mass is 348 g/mol. The molecule has 0 saturated heterocycles. The lowest BCUT2D eigenvalue weighted by molar-refractivity contribution is 0.383. The number of pyridine rings is 1. The Hall–Kier alpha value is -3.68. The van der Waals surface area contributed by atoms with Crippen LogP contribution in [0.5, 0.6) is 0 Å². The molecule has 3 heterocycles. The molecule has 0 fully saturated rings. The minimum absolute atomic E-state index is 0.197. The fraction of sp³-hybridized carbons (Fsp3) is 0.0556.